The molecule has 0 bridgehead atoms. The summed E-state index contributed by atoms with van der Waals surface area (Å²) in [7, 11) is 0. The van der Waals surface area contributed by atoms with Gasteiger partial charge in [0.15, 0.2) is 6.61 Å². The highest BCUT2D eigenvalue weighted by Gasteiger charge is 2.18. The lowest BCUT2D eigenvalue weighted by molar-refractivity contribution is -0.124. The number of hydrogen-bond donors (Lipinski definition) is 1. The molecule has 0 spiro atoms. The molecule has 0 radical (unpaired) electrons. The van der Waals surface area contributed by atoms with Gasteiger partial charge in [-0.1, -0.05) is 17.7 Å². The van der Waals surface area contributed by atoms with E-state index >= 15 is 0 Å². The zero-order chi connectivity index (χ0) is 19.9. The first kappa shape index (κ1) is 20.3. The molecule has 2 heterocycles. The van der Waals surface area contributed by atoms with E-state index in [-0.39, 0.29) is 19.1 Å². The Balaban J connectivity index is 1.48. The Morgan fingerprint density at radius 1 is 1.21 bits per heavy atom. The summed E-state index contributed by atoms with van der Waals surface area (Å²) in [6, 6.07) is 10.8. The highest BCUT2D eigenvalue weighted by atomic mass is 35.5. The van der Waals surface area contributed by atoms with Gasteiger partial charge in [-0.15, -0.1) is 22.7 Å². The fourth-order valence-corrected chi connectivity index (χ4v) is 3.87. The van der Waals surface area contributed by atoms with Crippen LogP contribution in [0.5, 0.6) is 5.75 Å². The Bertz CT molecular complexity index is 940. The Morgan fingerprint density at radius 2 is 2.00 bits per heavy atom. The predicted octanol–water partition coefficient (Wildman–Crippen LogP) is 4.22. The van der Waals surface area contributed by atoms with Crippen molar-refractivity contribution in [2.45, 2.75) is 20.1 Å². The summed E-state index contributed by atoms with van der Waals surface area (Å²) in [5, 5.41) is 5.91. The van der Waals surface area contributed by atoms with Crippen LogP contribution in [0.1, 0.15) is 25.3 Å². The molecular weight excluding hydrogens is 420 g/mol. The molecule has 1 amide bonds. The molecule has 1 aromatic carbocycles. The van der Waals surface area contributed by atoms with Crippen LogP contribution in [-0.2, 0) is 22.7 Å². The maximum absolute atomic E-state index is 12.2. The standard InChI is InChI=1S/C19H17ClN2O4S2/c1-12-18(19(24)26-10-16(23)21-9-15-3-2-8-27-15)28-17(22-12)11-25-14-6-4-13(20)5-7-14/h2-8H,9-11H2,1H3,(H,21,23). The van der Waals surface area contributed by atoms with Gasteiger partial charge in [0.25, 0.3) is 5.91 Å². The van der Waals surface area contributed by atoms with Crippen molar-refractivity contribution in [2.24, 2.45) is 0 Å². The Kier molecular flexibility index (Phi) is 7.02. The summed E-state index contributed by atoms with van der Waals surface area (Å²) < 4.78 is 10.7. The van der Waals surface area contributed by atoms with Crippen molar-refractivity contribution < 1.29 is 19.1 Å². The molecule has 6 nitrogen and oxygen atoms in total. The van der Waals surface area contributed by atoms with E-state index in [1.54, 1.807) is 42.5 Å². The lowest BCUT2D eigenvalue weighted by Crippen LogP contribution is -2.28. The lowest BCUT2D eigenvalue weighted by Gasteiger charge is -2.05. The zero-order valence-corrected chi connectivity index (χ0v) is 17.3. The van der Waals surface area contributed by atoms with Gasteiger partial charge < -0.3 is 14.8 Å². The molecule has 3 rings (SSSR count). The maximum Gasteiger partial charge on any atom is 0.350 e. The summed E-state index contributed by atoms with van der Waals surface area (Å²) in [5.74, 6) is -0.266. The molecule has 0 saturated heterocycles. The Morgan fingerprint density at radius 3 is 2.71 bits per heavy atom. The average molecular weight is 437 g/mol. The normalized spacial score (nSPS) is 10.5. The molecule has 0 aliphatic heterocycles. The molecule has 2 aromatic heterocycles. The number of rotatable bonds is 8. The van der Waals surface area contributed by atoms with Gasteiger partial charge in [0.05, 0.1) is 12.2 Å². The summed E-state index contributed by atoms with van der Waals surface area (Å²) in [6.07, 6.45) is 0. The number of nitrogens with zero attached hydrogens (tertiary/aromatic N) is 1. The number of halogens is 1. The van der Waals surface area contributed by atoms with E-state index in [0.717, 1.165) is 4.88 Å². The van der Waals surface area contributed by atoms with Gasteiger partial charge in [-0.2, -0.15) is 0 Å². The van der Waals surface area contributed by atoms with Crippen LogP contribution in [0.15, 0.2) is 41.8 Å². The quantitative estimate of drug-likeness (QED) is 0.535. The van der Waals surface area contributed by atoms with Crippen LogP contribution in [0.25, 0.3) is 0 Å². The minimum Gasteiger partial charge on any atom is -0.486 e. The van der Waals surface area contributed by atoms with Crippen LogP contribution in [0, 0.1) is 6.92 Å². The highest BCUT2D eigenvalue weighted by Crippen LogP contribution is 2.22. The molecule has 0 atom stereocenters. The van der Waals surface area contributed by atoms with E-state index in [0.29, 0.717) is 32.9 Å². The minimum absolute atomic E-state index is 0.224. The second-order valence-electron chi connectivity index (χ2n) is 5.70. The molecule has 28 heavy (non-hydrogen) atoms. The van der Waals surface area contributed by atoms with Crippen molar-refractivity contribution >= 4 is 46.2 Å². The number of ether oxygens (including phenoxy) is 2. The number of aromatic nitrogens is 1. The highest BCUT2D eigenvalue weighted by molar-refractivity contribution is 7.13. The maximum atomic E-state index is 12.2. The number of benzene rings is 1. The topological polar surface area (TPSA) is 77.5 Å². The summed E-state index contributed by atoms with van der Waals surface area (Å²) in [4.78, 5) is 29.8. The van der Waals surface area contributed by atoms with E-state index < -0.39 is 5.97 Å². The van der Waals surface area contributed by atoms with Crippen molar-refractivity contribution in [3.8, 4) is 5.75 Å². The van der Waals surface area contributed by atoms with Crippen molar-refractivity contribution in [2.75, 3.05) is 6.61 Å². The number of hydrogen-bond acceptors (Lipinski definition) is 7. The van der Waals surface area contributed by atoms with Crippen LogP contribution in [0.2, 0.25) is 5.02 Å². The molecular formula is C19H17ClN2O4S2. The molecule has 0 saturated carbocycles. The van der Waals surface area contributed by atoms with Crippen LogP contribution >= 0.6 is 34.3 Å². The first-order chi connectivity index (χ1) is 13.5. The third kappa shape index (κ3) is 5.79. The summed E-state index contributed by atoms with van der Waals surface area (Å²) in [5.41, 5.74) is 0.545. The molecule has 0 unspecified atom stereocenters. The molecule has 146 valence electrons. The van der Waals surface area contributed by atoms with Gasteiger partial charge in [0.2, 0.25) is 0 Å². The van der Waals surface area contributed by atoms with Crippen LogP contribution in [0.3, 0.4) is 0 Å². The smallest absolute Gasteiger partial charge is 0.350 e. The van der Waals surface area contributed by atoms with Gasteiger partial charge in [0, 0.05) is 9.90 Å². The number of carbonyl (C=O) groups is 2. The number of thiophene rings is 1. The largest absolute Gasteiger partial charge is 0.486 e. The lowest BCUT2D eigenvalue weighted by atomic mass is 10.3. The first-order valence-corrected chi connectivity index (χ1v) is 10.4. The number of thiazole rings is 1. The zero-order valence-electron chi connectivity index (χ0n) is 14.9. The van der Waals surface area contributed by atoms with Gasteiger partial charge in [0.1, 0.15) is 22.2 Å². The fourth-order valence-electron chi connectivity index (χ4n) is 2.23. The molecule has 3 aromatic rings. The minimum atomic E-state index is -0.570. The predicted molar refractivity (Wildman–Crippen MR) is 109 cm³/mol. The molecule has 9 heteroatoms. The monoisotopic (exact) mass is 436 g/mol. The number of aryl methyl sites for hydroxylation is 1. The van der Waals surface area contributed by atoms with E-state index in [9.17, 15) is 9.59 Å². The van der Waals surface area contributed by atoms with E-state index in [1.165, 1.54) is 11.3 Å². The van der Waals surface area contributed by atoms with Gasteiger partial charge in [-0.3, -0.25) is 4.79 Å². The third-order valence-corrected chi connectivity index (χ3v) is 5.82. The van der Waals surface area contributed by atoms with Crippen LogP contribution in [-0.4, -0.2) is 23.5 Å². The van der Waals surface area contributed by atoms with Crippen molar-refractivity contribution in [3.05, 3.63) is 67.3 Å². The average Bonchev–Trinajstić information content (AvgIpc) is 3.33. The molecule has 0 aliphatic rings. The number of esters is 1. The van der Waals surface area contributed by atoms with Crippen LogP contribution < -0.4 is 10.1 Å². The van der Waals surface area contributed by atoms with Crippen LogP contribution in [0.4, 0.5) is 0 Å². The van der Waals surface area contributed by atoms with Gasteiger partial charge in [-0.25, -0.2) is 9.78 Å². The number of carbonyl (C=O) groups excluding carboxylic acids is 2. The molecule has 0 fully saturated rings. The van der Waals surface area contributed by atoms with E-state index in [1.807, 2.05) is 17.5 Å². The fraction of sp³-hybridized carbons (Fsp3) is 0.211. The number of amides is 1. The molecule has 1 N–H and O–H groups in total. The SMILES string of the molecule is Cc1nc(COc2ccc(Cl)cc2)sc1C(=O)OCC(=O)NCc1cccs1. The third-order valence-electron chi connectivity index (χ3n) is 3.58. The summed E-state index contributed by atoms with van der Waals surface area (Å²) in [6.45, 7) is 2.02. The Hall–Kier alpha value is -2.42. The van der Waals surface area contributed by atoms with Gasteiger partial charge >= 0.3 is 5.97 Å². The first-order valence-electron chi connectivity index (χ1n) is 8.32. The van der Waals surface area contributed by atoms with Crippen molar-refractivity contribution in [1.82, 2.24) is 10.3 Å². The van der Waals surface area contributed by atoms with E-state index in [4.69, 9.17) is 21.1 Å². The van der Waals surface area contributed by atoms with E-state index in [2.05, 4.69) is 10.3 Å². The number of nitrogens with one attached hydrogen (secondary N) is 1. The second kappa shape index (κ2) is 9.68. The summed E-state index contributed by atoms with van der Waals surface area (Å²) >= 11 is 8.57. The molecule has 0 aliphatic carbocycles. The van der Waals surface area contributed by atoms with Crippen molar-refractivity contribution in [1.29, 1.82) is 0 Å². The Labute approximate surface area is 175 Å². The van der Waals surface area contributed by atoms with Crippen molar-refractivity contribution in [3.63, 3.8) is 0 Å². The second-order valence-corrected chi connectivity index (χ2v) is 8.25. The van der Waals surface area contributed by atoms with Gasteiger partial charge in [-0.05, 0) is 42.6 Å².